The van der Waals surface area contributed by atoms with E-state index in [0.29, 0.717) is 5.82 Å². The van der Waals surface area contributed by atoms with Crippen molar-refractivity contribution in [3.05, 3.63) is 34.8 Å². The minimum Gasteiger partial charge on any atom is -0.496 e. The number of methoxy groups -OCH3 is 1. The van der Waals surface area contributed by atoms with Crippen LogP contribution in [0.2, 0.25) is 0 Å². The second-order valence-electron chi connectivity index (χ2n) is 4.62. The molecule has 0 saturated heterocycles. The lowest BCUT2D eigenvalue weighted by Crippen LogP contribution is -1.98. The Labute approximate surface area is 121 Å². The first-order valence-electron chi connectivity index (χ1n) is 6.57. The smallest absolute Gasteiger partial charge is 0.196 e. The highest BCUT2D eigenvalue weighted by atomic mass is 32.1. The molecule has 1 aromatic carbocycles. The lowest BCUT2D eigenvalue weighted by atomic mass is 10.1. The number of rotatable bonds is 3. The molecular formula is C15H17N3OS. The maximum atomic E-state index is 6.34. The summed E-state index contributed by atoms with van der Waals surface area (Å²) in [5.41, 5.74) is 9.30. The molecule has 2 heterocycles. The van der Waals surface area contributed by atoms with Crippen molar-refractivity contribution in [2.24, 2.45) is 0 Å². The van der Waals surface area contributed by atoms with Gasteiger partial charge in [0, 0.05) is 16.1 Å². The lowest BCUT2D eigenvalue weighted by molar-refractivity contribution is 0.416. The van der Waals surface area contributed by atoms with Crippen molar-refractivity contribution in [1.82, 2.24) is 9.38 Å². The number of imidazole rings is 1. The van der Waals surface area contributed by atoms with E-state index in [0.717, 1.165) is 28.4 Å². The summed E-state index contributed by atoms with van der Waals surface area (Å²) in [6.07, 6.45) is 0.942. The molecule has 3 rings (SSSR count). The summed E-state index contributed by atoms with van der Waals surface area (Å²) >= 11 is 1.68. The van der Waals surface area contributed by atoms with Gasteiger partial charge >= 0.3 is 0 Å². The summed E-state index contributed by atoms with van der Waals surface area (Å²) in [6, 6.07) is 7.82. The molecule has 0 bridgehead atoms. The SMILES string of the molecule is CCc1c(C)sc2nc(-c3ccccc3OC)c(N)n12. The number of nitrogens with zero attached hydrogens (tertiary/aromatic N) is 2. The number of anilines is 1. The molecule has 0 aliphatic carbocycles. The van der Waals surface area contributed by atoms with Gasteiger partial charge in [0.1, 0.15) is 17.3 Å². The van der Waals surface area contributed by atoms with Crippen molar-refractivity contribution in [2.75, 3.05) is 12.8 Å². The van der Waals surface area contributed by atoms with Crippen molar-refractivity contribution in [2.45, 2.75) is 20.3 Å². The van der Waals surface area contributed by atoms with Crippen LogP contribution in [0.4, 0.5) is 5.82 Å². The monoisotopic (exact) mass is 287 g/mol. The van der Waals surface area contributed by atoms with Gasteiger partial charge in [0.2, 0.25) is 0 Å². The molecule has 0 fully saturated rings. The normalized spacial score (nSPS) is 11.2. The summed E-state index contributed by atoms with van der Waals surface area (Å²) in [6.45, 7) is 4.25. The van der Waals surface area contributed by atoms with E-state index < -0.39 is 0 Å². The van der Waals surface area contributed by atoms with Gasteiger partial charge < -0.3 is 10.5 Å². The molecule has 0 amide bonds. The van der Waals surface area contributed by atoms with Crippen LogP contribution in [0.15, 0.2) is 24.3 Å². The number of benzene rings is 1. The summed E-state index contributed by atoms with van der Waals surface area (Å²) in [5, 5.41) is 0. The average Bonchev–Trinajstić information content (AvgIpc) is 2.94. The van der Waals surface area contributed by atoms with Crippen LogP contribution >= 0.6 is 11.3 Å². The zero-order valence-corrected chi connectivity index (χ0v) is 12.6. The van der Waals surface area contributed by atoms with Crippen molar-refractivity contribution in [3.63, 3.8) is 0 Å². The fourth-order valence-electron chi connectivity index (χ4n) is 2.54. The summed E-state index contributed by atoms with van der Waals surface area (Å²) in [5.74, 6) is 1.48. The third-order valence-electron chi connectivity index (χ3n) is 3.50. The first-order chi connectivity index (χ1) is 9.67. The summed E-state index contributed by atoms with van der Waals surface area (Å²) in [7, 11) is 1.66. The molecule has 4 nitrogen and oxygen atoms in total. The van der Waals surface area contributed by atoms with Crippen molar-refractivity contribution in [1.29, 1.82) is 0 Å². The van der Waals surface area contributed by atoms with Crippen LogP contribution in [0.25, 0.3) is 16.2 Å². The molecule has 0 aliphatic heterocycles. The molecule has 0 unspecified atom stereocenters. The van der Waals surface area contributed by atoms with Gasteiger partial charge in [-0.05, 0) is 25.5 Å². The third kappa shape index (κ3) is 1.78. The Morgan fingerprint density at radius 3 is 2.80 bits per heavy atom. The maximum absolute atomic E-state index is 6.34. The minimum atomic E-state index is 0.686. The van der Waals surface area contributed by atoms with E-state index in [1.165, 1.54) is 10.6 Å². The predicted molar refractivity (Wildman–Crippen MR) is 83.6 cm³/mol. The largest absolute Gasteiger partial charge is 0.496 e. The molecule has 2 N–H and O–H groups in total. The lowest BCUT2D eigenvalue weighted by Gasteiger charge is -2.07. The standard InChI is InChI=1S/C15H17N3OS/c1-4-11-9(2)20-15-17-13(14(16)18(11)15)10-7-5-6-8-12(10)19-3/h5-8H,4,16H2,1-3H3. The van der Waals surface area contributed by atoms with Crippen LogP contribution in [0.1, 0.15) is 17.5 Å². The van der Waals surface area contributed by atoms with E-state index >= 15 is 0 Å². The van der Waals surface area contributed by atoms with E-state index in [4.69, 9.17) is 15.5 Å². The highest BCUT2D eigenvalue weighted by Gasteiger charge is 2.19. The quantitative estimate of drug-likeness (QED) is 0.802. The predicted octanol–water partition coefficient (Wildman–Crippen LogP) is 3.52. The van der Waals surface area contributed by atoms with E-state index in [1.54, 1.807) is 18.4 Å². The first-order valence-corrected chi connectivity index (χ1v) is 7.38. The zero-order chi connectivity index (χ0) is 14.3. The van der Waals surface area contributed by atoms with Crippen LogP contribution in [0.5, 0.6) is 5.75 Å². The average molecular weight is 287 g/mol. The zero-order valence-electron chi connectivity index (χ0n) is 11.8. The Kier molecular flexibility index (Phi) is 3.14. The second-order valence-corrected chi connectivity index (χ2v) is 5.80. The molecule has 3 aromatic rings. The Balaban J connectivity index is 2.28. The van der Waals surface area contributed by atoms with Gasteiger partial charge in [-0.15, -0.1) is 11.3 Å². The van der Waals surface area contributed by atoms with E-state index in [2.05, 4.69) is 18.2 Å². The number of fused-ring (bicyclic) bond motifs is 1. The van der Waals surface area contributed by atoms with Gasteiger partial charge in [-0.3, -0.25) is 4.40 Å². The van der Waals surface area contributed by atoms with Crippen molar-refractivity contribution in [3.8, 4) is 17.0 Å². The molecule has 0 radical (unpaired) electrons. The number of para-hydroxylation sites is 1. The Bertz CT molecular complexity index is 773. The number of nitrogens with two attached hydrogens (primary N) is 1. The number of hydrogen-bond donors (Lipinski definition) is 1. The van der Waals surface area contributed by atoms with Crippen molar-refractivity contribution >= 4 is 22.1 Å². The van der Waals surface area contributed by atoms with E-state index in [1.807, 2.05) is 24.3 Å². The number of thiazole rings is 1. The van der Waals surface area contributed by atoms with Crippen LogP contribution in [0.3, 0.4) is 0 Å². The Hall–Kier alpha value is -2.01. The Morgan fingerprint density at radius 2 is 2.10 bits per heavy atom. The van der Waals surface area contributed by atoms with Gasteiger partial charge in [0.15, 0.2) is 4.96 Å². The van der Waals surface area contributed by atoms with Crippen molar-refractivity contribution < 1.29 is 4.74 Å². The van der Waals surface area contributed by atoms with Crippen LogP contribution in [0, 0.1) is 6.92 Å². The molecule has 0 aliphatic rings. The van der Waals surface area contributed by atoms with Gasteiger partial charge in [0.05, 0.1) is 7.11 Å². The molecular weight excluding hydrogens is 270 g/mol. The Morgan fingerprint density at radius 1 is 1.35 bits per heavy atom. The molecule has 2 aromatic heterocycles. The van der Waals surface area contributed by atoms with E-state index in [9.17, 15) is 0 Å². The third-order valence-corrected chi connectivity index (χ3v) is 4.50. The van der Waals surface area contributed by atoms with Gasteiger partial charge in [-0.2, -0.15) is 0 Å². The van der Waals surface area contributed by atoms with Gasteiger partial charge in [-0.25, -0.2) is 4.98 Å². The second kappa shape index (κ2) is 4.83. The summed E-state index contributed by atoms with van der Waals surface area (Å²) < 4.78 is 7.46. The molecule has 0 spiro atoms. The fraction of sp³-hybridized carbons (Fsp3) is 0.267. The molecule has 5 heteroatoms. The van der Waals surface area contributed by atoms with Crippen LogP contribution in [-0.2, 0) is 6.42 Å². The highest BCUT2D eigenvalue weighted by molar-refractivity contribution is 7.17. The van der Waals surface area contributed by atoms with Gasteiger partial charge in [-0.1, -0.05) is 19.1 Å². The number of ether oxygens (including phenoxy) is 1. The molecule has 20 heavy (non-hydrogen) atoms. The maximum Gasteiger partial charge on any atom is 0.196 e. The topological polar surface area (TPSA) is 52.5 Å². The first kappa shape index (κ1) is 13.0. The van der Waals surface area contributed by atoms with Gasteiger partial charge in [0.25, 0.3) is 0 Å². The number of hydrogen-bond acceptors (Lipinski definition) is 4. The number of aryl methyl sites for hydroxylation is 2. The number of aromatic nitrogens is 2. The van der Waals surface area contributed by atoms with Crippen LogP contribution in [-0.4, -0.2) is 16.5 Å². The fourth-order valence-corrected chi connectivity index (χ4v) is 3.60. The molecule has 0 atom stereocenters. The highest BCUT2D eigenvalue weighted by Crippen LogP contribution is 2.36. The minimum absolute atomic E-state index is 0.686. The molecule has 104 valence electrons. The summed E-state index contributed by atoms with van der Waals surface area (Å²) in [4.78, 5) is 6.91. The molecule has 0 saturated carbocycles. The van der Waals surface area contributed by atoms with E-state index in [-0.39, 0.29) is 0 Å². The number of nitrogen functional groups attached to an aromatic ring is 1. The van der Waals surface area contributed by atoms with Crippen LogP contribution < -0.4 is 10.5 Å².